The van der Waals surface area contributed by atoms with Crippen LogP contribution in [0.4, 0.5) is 0 Å². The number of benzene rings is 1. The van der Waals surface area contributed by atoms with Gasteiger partial charge in [0, 0.05) is 0 Å². The Morgan fingerprint density at radius 2 is 1.95 bits per heavy atom. The van der Waals surface area contributed by atoms with Crippen molar-refractivity contribution in [2.45, 2.75) is 64.4 Å². The van der Waals surface area contributed by atoms with Crippen molar-refractivity contribution in [1.82, 2.24) is 0 Å². The van der Waals surface area contributed by atoms with Crippen molar-refractivity contribution in [1.29, 1.82) is 0 Å². The molecule has 21 heavy (non-hydrogen) atoms. The highest BCUT2D eigenvalue weighted by molar-refractivity contribution is 5.45. The van der Waals surface area contributed by atoms with Gasteiger partial charge in [0.15, 0.2) is 0 Å². The summed E-state index contributed by atoms with van der Waals surface area (Å²) in [5.74, 6) is 2.49. The second-order valence-corrected chi connectivity index (χ2v) is 7.89. The Morgan fingerprint density at radius 1 is 1.14 bits per heavy atom. The molecule has 4 rings (SSSR count). The molecule has 2 nitrogen and oxygen atoms in total. The first kappa shape index (κ1) is 13.6. The van der Waals surface area contributed by atoms with Gasteiger partial charge >= 0.3 is 0 Å². The van der Waals surface area contributed by atoms with E-state index >= 15 is 0 Å². The fourth-order valence-corrected chi connectivity index (χ4v) is 5.93. The summed E-state index contributed by atoms with van der Waals surface area (Å²) >= 11 is 0. The van der Waals surface area contributed by atoms with Crippen LogP contribution in [0.15, 0.2) is 12.1 Å². The van der Waals surface area contributed by atoms with E-state index in [1.165, 1.54) is 36.0 Å². The maximum Gasteiger partial charge on any atom is 0.116 e. The number of aliphatic hydroxyl groups excluding tert-OH is 1. The van der Waals surface area contributed by atoms with Crippen LogP contribution in [-0.2, 0) is 6.42 Å². The largest absolute Gasteiger partial charge is 0.508 e. The molecule has 0 aromatic heterocycles. The molecule has 0 unspecified atom stereocenters. The van der Waals surface area contributed by atoms with Crippen LogP contribution >= 0.6 is 0 Å². The van der Waals surface area contributed by atoms with Crippen LogP contribution in [0, 0.1) is 24.2 Å². The van der Waals surface area contributed by atoms with Crippen molar-refractivity contribution >= 4 is 0 Å². The number of rotatable bonds is 0. The molecule has 0 heterocycles. The van der Waals surface area contributed by atoms with Crippen LogP contribution in [0.1, 0.15) is 61.6 Å². The molecule has 2 heteroatoms. The van der Waals surface area contributed by atoms with Gasteiger partial charge in [0.05, 0.1) is 6.10 Å². The van der Waals surface area contributed by atoms with Gasteiger partial charge in [-0.3, -0.25) is 0 Å². The molecular weight excluding hydrogens is 260 g/mol. The van der Waals surface area contributed by atoms with Crippen molar-refractivity contribution in [2.75, 3.05) is 0 Å². The van der Waals surface area contributed by atoms with Crippen LogP contribution in [0.25, 0.3) is 0 Å². The van der Waals surface area contributed by atoms with E-state index in [1.807, 2.05) is 12.1 Å². The van der Waals surface area contributed by atoms with Gasteiger partial charge in [-0.05, 0) is 97.4 Å². The van der Waals surface area contributed by atoms with Gasteiger partial charge in [0.1, 0.15) is 5.75 Å². The molecule has 0 saturated heterocycles. The monoisotopic (exact) mass is 286 g/mol. The van der Waals surface area contributed by atoms with Crippen molar-refractivity contribution in [2.24, 2.45) is 17.3 Å². The van der Waals surface area contributed by atoms with E-state index in [9.17, 15) is 10.2 Å². The molecule has 0 spiro atoms. The number of aromatic hydroxyl groups is 1. The molecule has 1 aromatic carbocycles. The van der Waals surface area contributed by atoms with E-state index in [2.05, 4.69) is 13.8 Å². The van der Waals surface area contributed by atoms with Crippen LogP contribution in [0.5, 0.6) is 5.75 Å². The fraction of sp³-hybridized carbons (Fsp3) is 0.684. The molecule has 2 N–H and O–H groups in total. The van der Waals surface area contributed by atoms with Gasteiger partial charge in [-0.15, -0.1) is 0 Å². The van der Waals surface area contributed by atoms with Crippen LogP contribution in [0.3, 0.4) is 0 Å². The average Bonchev–Trinajstić information content (AvgIpc) is 2.74. The van der Waals surface area contributed by atoms with Gasteiger partial charge in [0.2, 0.25) is 0 Å². The zero-order valence-corrected chi connectivity index (χ0v) is 13.1. The maximum absolute atomic E-state index is 10.4. The Labute approximate surface area is 127 Å². The predicted octanol–water partition coefficient (Wildman–Crippen LogP) is 3.92. The van der Waals surface area contributed by atoms with Gasteiger partial charge in [-0.25, -0.2) is 0 Å². The number of aliphatic hydroxyl groups is 1. The first-order chi connectivity index (χ1) is 10.0. The van der Waals surface area contributed by atoms with Crippen molar-refractivity contribution < 1.29 is 10.2 Å². The van der Waals surface area contributed by atoms with E-state index in [0.29, 0.717) is 17.6 Å². The molecule has 1 aromatic rings. The van der Waals surface area contributed by atoms with Crippen LogP contribution < -0.4 is 0 Å². The summed E-state index contributed by atoms with van der Waals surface area (Å²) in [5.41, 5.74) is 4.31. The lowest BCUT2D eigenvalue weighted by molar-refractivity contribution is -0.0227. The lowest BCUT2D eigenvalue weighted by Gasteiger charge is -2.50. The zero-order valence-electron chi connectivity index (χ0n) is 13.1. The van der Waals surface area contributed by atoms with Gasteiger partial charge in [-0.1, -0.05) is 6.92 Å². The number of hydrogen-bond acceptors (Lipinski definition) is 2. The third-order valence-electron chi connectivity index (χ3n) is 6.96. The van der Waals surface area contributed by atoms with E-state index in [0.717, 1.165) is 25.2 Å². The van der Waals surface area contributed by atoms with Crippen LogP contribution in [0.2, 0.25) is 0 Å². The summed E-state index contributed by atoms with van der Waals surface area (Å²) in [7, 11) is 0. The first-order valence-corrected chi connectivity index (χ1v) is 8.51. The standard InChI is InChI=1S/C19H26O2/c1-11-9-13(20)10-12-3-4-14-15(18(11)12)7-8-19(2)16(14)5-6-17(19)21/h9-10,14-17,20-21H,3-8H2,1-2H3/t14-,15+,16-,17+,19+/m1/s1. The lowest BCUT2D eigenvalue weighted by Crippen LogP contribution is -2.44. The molecule has 5 atom stereocenters. The Bertz CT molecular complexity index is 579. The summed E-state index contributed by atoms with van der Waals surface area (Å²) in [4.78, 5) is 0. The van der Waals surface area contributed by atoms with E-state index < -0.39 is 0 Å². The highest BCUT2D eigenvalue weighted by atomic mass is 16.3. The summed E-state index contributed by atoms with van der Waals surface area (Å²) in [6.45, 7) is 4.48. The number of phenols is 1. The van der Waals surface area contributed by atoms with Gasteiger partial charge in [-0.2, -0.15) is 0 Å². The Balaban J connectivity index is 1.75. The second-order valence-electron chi connectivity index (χ2n) is 7.89. The lowest BCUT2D eigenvalue weighted by atomic mass is 9.55. The van der Waals surface area contributed by atoms with Gasteiger partial charge < -0.3 is 10.2 Å². The molecular formula is C19H26O2. The molecule has 2 fully saturated rings. The quantitative estimate of drug-likeness (QED) is 0.759. The molecule has 2 saturated carbocycles. The maximum atomic E-state index is 10.4. The summed E-state index contributed by atoms with van der Waals surface area (Å²) in [6.07, 6.45) is 6.78. The van der Waals surface area contributed by atoms with E-state index in [4.69, 9.17) is 0 Å². The Hall–Kier alpha value is -1.02. The van der Waals surface area contributed by atoms with Gasteiger partial charge in [0.25, 0.3) is 0 Å². The zero-order chi connectivity index (χ0) is 14.8. The minimum absolute atomic E-state index is 0.0919. The summed E-state index contributed by atoms with van der Waals surface area (Å²) in [5, 5.41) is 20.3. The third kappa shape index (κ3) is 1.81. The molecule has 0 radical (unpaired) electrons. The van der Waals surface area contributed by atoms with E-state index in [1.54, 1.807) is 0 Å². The molecule has 3 aliphatic rings. The number of phenolic OH excluding ortho intramolecular Hbond substituents is 1. The van der Waals surface area contributed by atoms with E-state index in [-0.39, 0.29) is 11.5 Å². The molecule has 0 bridgehead atoms. The summed E-state index contributed by atoms with van der Waals surface area (Å²) in [6, 6.07) is 3.91. The van der Waals surface area contributed by atoms with Crippen LogP contribution in [-0.4, -0.2) is 16.3 Å². The highest BCUT2D eigenvalue weighted by Gasteiger charge is 2.54. The predicted molar refractivity (Wildman–Crippen MR) is 83.5 cm³/mol. The second kappa shape index (κ2) is 4.49. The number of aryl methyl sites for hydroxylation is 2. The Morgan fingerprint density at radius 3 is 2.76 bits per heavy atom. The van der Waals surface area contributed by atoms with Crippen molar-refractivity contribution in [3.8, 4) is 5.75 Å². The third-order valence-corrected chi connectivity index (χ3v) is 6.96. The normalized spacial score (nSPS) is 41.3. The molecule has 3 aliphatic carbocycles. The molecule has 0 aliphatic heterocycles. The van der Waals surface area contributed by atoms with Crippen molar-refractivity contribution in [3.63, 3.8) is 0 Å². The SMILES string of the molecule is Cc1cc(O)cc2c1[C@H]1CC[C@@]3(C)[C@H](CC[C@@H]3O)[C@@H]1CC2. The summed E-state index contributed by atoms with van der Waals surface area (Å²) < 4.78 is 0. The highest BCUT2D eigenvalue weighted by Crippen LogP contribution is 2.61. The topological polar surface area (TPSA) is 40.5 Å². The molecule has 0 amide bonds. The minimum atomic E-state index is -0.0919. The average molecular weight is 286 g/mol. The fourth-order valence-electron chi connectivity index (χ4n) is 5.93. The number of hydrogen-bond donors (Lipinski definition) is 2. The minimum Gasteiger partial charge on any atom is -0.508 e. The van der Waals surface area contributed by atoms with Crippen molar-refractivity contribution in [3.05, 3.63) is 28.8 Å². The molecule has 114 valence electrons. The Kier molecular flexibility index (Phi) is 2.91. The first-order valence-electron chi connectivity index (χ1n) is 8.51. The smallest absolute Gasteiger partial charge is 0.116 e. The number of fused-ring (bicyclic) bond motifs is 5.